The van der Waals surface area contributed by atoms with Gasteiger partial charge in [0.05, 0.1) is 29.1 Å². The SMILES string of the molecule is Cc1ccc(CN(Cc2ccc(/C=N\NC(=O)CN(Cc3ccccc3)S(=O)(=O)c3ccc(Br)cc3)o2)S(=O)(=O)c2ccc(C)cc2)cc1. The number of aryl methyl sites for hydroxylation is 2. The summed E-state index contributed by atoms with van der Waals surface area (Å²) >= 11 is 3.31. The van der Waals surface area contributed by atoms with E-state index in [0.29, 0.717) is 11.3 Å². The lowest BCUT2D eigenvalue weighted by Gasteiger charge is -2.22. The molecule has 0 saturated carbocycles. The van der Waals surface area contributed by atoms with Crippen molar-refractivity contribution in [3.8, 4) is 0 Å². The number of benzene rings is 4. The standard InChI is InChI=1S/C36H35BrN4O6S2/c1-27-8-12-30(13-9-27)24-40(48(43,44)34-18-10-28(2)11-19-34)25-33-17-16-32(47-33)22-38-39-36(42)26-41(23-29-6-4-3-5-7-29)49(45,46)35-20-14-31(37)15-21-35/h3-22H,23-26H2,1-2H3,(H,39,42)/b38-22-. The van der Waals surface area contributed by atoms with Crippen molar-refractivity contribution >= 4 is 48.1 Å². The van der Waals surface area contributed by atoms with Gasteiger partial charge >= 0.3 is 0 Å². The van der Waals surface area contributed by atoms with E-state index in [0.717, 1.165) is 25.5 Å². The lowest BCUT2D eigenvalue weighted by atomic mass is 10.1. The summed E-state index contributed by atoms with van der Waals surface area (Å²) in [7, 11) is -7.91. The van der Waals surface area contributed by atoms with Gasteiger partial charge in [0.15, 0.2) is 0 Å². The fourth-order valence-electron chi connectivity index (χ4n) is 4.84. The highest BCUT2D eigenvalue weighted by Gasteiger charge is 2.28. The molecule has 0 saturated heterocycles. The van der Waals surface area contributed by atoms with Gasteiger partial charge in [-0.15, -0.1) is 0 Å². The van der Waals surface area contributed by atoms with Crippen LogP contribution in [0.5, 0.6) is 0 Å². The zero-order chi connectivity index (χ0) is 35.0. The Morgan fingerprint density at radius 3 is 1.86 bits per heavy atom. The summed E-state index contributed by atoms with van der Waals surface area (Å²) < 4.78 is 63.5. The van der Waals surface area contributed by atoms with Crippen molar-refractivity contribution in [2.45, 2.75) is 43.3 Å². The predicted octanol–water partition coefficient (Wildman–Crippen LogP) is 6.39. The molecule has 49 heavy (non-hydrogen) atoms. The van der Waals surface area contributed by atoms with Crippen LogP contribution in [0.1, 0.15) is 33.8 Å². The highest BCUT2D eigenvalue weighted by molar-refractivity contribution is 9.10. The number of sulfonamides is 2. The second kappa shape index (κ2) is 15.9. The average molecular weight is 764 g/mol. The summed E-state index contributed by atoms with van der Waals surface area (Å²) in [5, 5.41) is 3.96. The summed E-state index contributed by atoms with van der Waals surface area (Å²) in [6.45, 7) is 3.42. The molecule has 1 N–H and O–H groups in total. The second-order valence-electron chi connectivity index (χ2n) is 11.4. The van der Waals surface area contributed by atoms with Crippen LogP contribution >= 0.6 is 15.9 Å². The Morgan fingerprint density at radius 2 is 1.22 bits per heavy atom. The van der Waals surface area contributed by atoms with Gasteiger partial charge in [0.25, 0.3) is 5.91 Å². The van der Waals surface area contributed by atoms with Crippen molar-refractivity contribution in [3.05, 3.63) is 154 Å². The van der Waals surface area contributed by atoms with Crippen molar-refractivity contribution < 1.29 is 26.0 Å². The normalized spacial score (nSPS) is 12.2. The second-order valence-corrected chi connectivity index (χ2v) is 16.2. The van der Waals surface area contributed by atoms with E-state index in [4.69, 9.17) is 4.42 Å². The third-order valence-electron chi connectivity index (χ3n) is 7.51. The number of nitrogens with zero attached hydrogens (tertiary/aromatic N) is 3. The summed E-state index contributed by atoms with van der Waals surface area (Å²) in [6.07, 6.45) is 1.27. The molecule has 0 spiro atoms. The highest BCUT2D eigenvalue weighted by atomic mass is 79.9. The molecular formula is C36H35BrN4O6S2. The maximum Gasteiger partial charge on any atom is 0.255 e. The summed E-state index contributed by atoms with van der Waals surface area (Å²) in [5.41, 5.74) is 5.91. The largest absolute Gasteiger partial charge is 0.459 e. The smallest absolute Gasteiger partial charge is 0.255 e. The van der Waals surface area contributed by atoms with Gasteiger partial charge < -0.3 is 4.42 Å². The van der Waals surface area contributed by atoms with E-state index in [9.17, 15) is 21.6 Å². The lowest BCUT2D eigenvalue weighted by Crippen LogP contribution is -2.39. The van der Waals surface area contributed by atoms with Crippen LogP contribution in [-0.4, -0.2) is 44.1 Å². The first-order valence-electron chi connectivity index (χ1n) is 15.2. The minimum atomic E-state index is -4.03. The molecule has 0 aliphatic heterocycles. The molecule has 4 aromatic carbocycles. The first-order valence-corrected chi connectivity index (χ1v) is 18.9. The molecule has 0 aliphatic rings. The monoisotopic (exact) mass is 762 g/mol. The molecule has 0 atom stereocenters. The van der Waals surface area contributed by atoms with Crippen LogP contribution in [0.4, 0.5) is 0 Å². The van der Waals surface area contributed by atoms with Gasteiger partial charge in [-0.3, -0.25) is 4.79 Å². The molecular weight excluding hydrogens is 728 g/mol. The Morgan fingerprint density at radius 1 is 0.694 bits per heavy atom. The summed E-state index contributed by atoms with van der Waals surface area (Å²) in [4.78, 5) is 13.2. The fraction of sp³-hybridized carbons (Fsp3) is 0.167. The van der Waals surface area contributed by atoms with E-state index in [1.165, 1.54) is 22.7 Å². The Hall–Kier alpha value is -4.40. The maximum absolute atomic E-state index is 13.7. The zero-order valence-electron chi connectivity index (χ0n) is 26.9. The van der Waals surface area contributed by atoms with E-state index in [1.807, 2.05) is 44.2 Å². The van der Waals surface area contributed by atoms with Gasteiger partial charge in [0.2, 0.25) is 20.0 Å². The number of furan rings is 1. The number of halogens is 1. The first-order chi connectivity index (χ1) is 23.4. The van der Waals surface area contributed by atoms with E-state index in [2.05, 4.69) is 26.5 Å². The predicted molar refractivity (Wildman–Crippen MR) is 191 cm³/mol. The minimum Gasteiger partial charge on any atom is -0.459 e. The molecule has 0 unspecified atom stereocenters. The third-order valence-corrected chi connectivity index (χ3v) is 11.6. The molecule has 0 radical (unpaired) electrons. The van der Waals surface area contributed by atoms with Crippen molar-refractivity contribution in [2.75, 3.05) is 6.54 Å². The van der Waals surface area contributed by atoms with Crippen molar-refractivity contribution in [1.82, 2.24) is 14.0 Å². The molecule has 0 fully saturated rings. The number of nitrogens with one attached hydrogen (secondary N) is 1. The molecule has 254 valence electrons. The first kappa shape index (κ1) is 35.9. The Balaban J connectivity index is 1.28. The highest BCUT2D eigenvalue weighted by Crippen LogP contribution is 2.23. The van der Waals surface area contributed by atoms with Crippen molar-refractivity contribution in [1.29, 1.82) is 0 Å². The minimum absolute atomic E-state index is 0.0253. The van der Waals surface area contributed by atoms with Crippen LogP contribution in [-0.2, 0) is 44.5 Å². The molecule has 5 aromatic rings. The van der Waals surface area contributed by atoms with Crippen LogP contribution in [0.3, 0.4) is 0 Å². The molecule has 5 rings (SSSR count). The number of carbonyl (C=O) groups is 1. The summed E-state index contributed by atoms with van der Waals surface area (Å²) in [5.74, 6) is -0.0275. The van der Waals surface area contributed by atoms with Gasteiger partial charge in [0.1, 0.15) is 11.5 Å². The Kier molecular flexibility index (Phi) is 11.6. The molecule has 0 bridgehead atoms. The van der Waals surface area contributed by atoms with Gasteiger partial charge in [-0.25, -0.2) is 22.3 Å². The molecule has 13 heteroatoms. The topological polar surface area (TPSA) is 129 Å². The molecule has 1 amide bonds. The lowest BCUT2D eigenvalue weighted by molar-refractivity contribution is -0.121. The van der Waals surface area contributed by atoms with Crippen LogP contribution in [0.25, 0.3) is 0 Å². The third kappa shape index (κ3) is 9.61. The summed E-state index contributed by atoms with van der Waals surface area (Å²) in [6, 6.07) is 32.7. The van der Waals surface area contributed by atoms with E-state index in [1.54, 1.807) is 72.8 Å². The van der Waals surface area contributed by atoms with Gasteiger partial charge in [-0.2, -0.15) is 13.7 Å². The molecule has 1 heterocycles. The van der Waals surface area contributed by atoms with Crippen molar-refractivity contribution in [2.24, 2.45) is 5.10 Å². The number of hydrogen-bond donors (Lipinski definition) is 1. The fourth-order valence-corrected chi connectivity index (χ4v) is 7.88. The van der Waals surface area contributed by atoms with E-state index < -0.39 is 32.5 Å². The van der Waals surface area contributed by atoms with Gasteiger partial charge in [0, 0.05) is 17.6 Å². The van der Waals surface area contributed by atoms with E-state index in [-0.39, 0.29) is 35.2 Å². The number of hydrogen-bond acceptors (Lipinski definition) is 7. The van der Waals surface area contributed by atoms with Crippen molar-refractivity contribution in [3.63, 3.8) is 0 Å². The number of carbonyl (C=O) groups excluding carboxylic acids is 1. The quantitative estimate of drug-likeness (QED) is 0.103. The molecule has 1 aromatic heterocycles. The van der Waals surface area contributed by atoms with Crippen LogP contribution in [0, 0.1) is 13.8 Å². The Bertz CT molecular complexity index is 2120. The van der Waals surface area contributed by atoms with Gasteiger partial charge in [-0.05, 0) is 73.5 Å². The van der Waals surface area contributed by atoms with E-state index >= 15 is 0 Å². The molecule has 10 nitrogen and oxygen atoms in total. The number of hydrazone groups is 1. The maximum atomic E-state index is 13.7. The number of rotatable bonds is 14. The zero-order valence-corrected chi connectivity index (χ0v) is 30.1. The average Bonchev–Trinajstić information content (AvgIpc) is 3.53. The Labute approximate surface area is 295 Å². The van der Waals surface area contributed by atoms with Crippen LogP contribution in [0.15, 0.2) is 139 Å². The van der Waals surface area contributed by atoms with Crippen LogP contribution in [0.2, 0.25) is 0 Å². The van der Waals surface area contributed by atoms with Gasteiger partial charge in [-0.1, -0.05) is 93.8 Å². The molecule has 0 aliphatic carbocycles. The van der Waals surface area contributed by atoms with Crippen LogP contribution < -0.4 is 5.43 Å². The number of amides is 1.